The topological polar surface area (TPSA) is 65.8 Å². The van der Waals surface area contributed by atoms with Gasteiger partial charge >= 0.3 is 0 Å². The van der Waals surface area contributed by atoms with Gasteiger partial charge in [0.2, 0.25) is 5.91 Å². The molecule has 1 fully saturated rings. The number of nitrogens with zero attached hydrogens (tertiary/aromatic N) is 3. The fourth-order valence-corrected chi connectivity index (χ4v) is 5.15. The Hall–Kier alpha value is -3.11. The summed E-state index contributed by atoms with van der Waals surface area (Å²) >= 11 is 1.54. The number of hydrogen-bond donors (Lipinski definition) is 0. The van der Waals surface area contributed by atoms with Gasteiger partial charge in [0.1, 0.15) is 0 Å². The molecule has 6 nitrogen and oxygen atoms in total. The summed E-state index contributed by atoms with van der Waals surface area (Å²) in [4.78, 5) is 17.0. The first kappa shape index (κ1) is 20.2. The SMILES string of the molecule is COc1ccc([C@@H]2CC(=O)N3CN(c4ccccc4C)CSC3=C2C#N)cc1OC. The predicted molar refractivity (Wildman–Crippen MR) is 117 cm³/mol. The van der Waals surface area contributed by atoms with E-state index in [-0.39, 0.29) is 18.2 Å². The molecule has 1 atom stereocenters. The quantitative estimate of drug-likeness (QED) is 0.736. The fraction of sp³-hybridized carbons (Fsp3) is 0.304. The first-order chi connectivity index (χ1) is 14.6. The number of allylic oxidation sites excluding steroid dienone is 1. The van der Waals surface area contributed by atoms with Gasteiger partial charge < -0.3 is 14.4 Å². The first-order valence-corrected chi connectivity index (χ1v) is 10.7. The lowest BCUT2D eigenvalue weighted by atomic mass is 9.86. The van der Waals surface area contributed by atoms with E-state index in [1.807, 2.05) is 30.3 Å². The van der Waals surface area contributed by atoms with Crippen LogP contribution in [0.2, 0.25) is 0 Å². The molecule has 30 heavy (non-hydrogen) atoms. The summed E-state index contributed by atoms with van der Waals surface area (Å²) in [6, 6.07) is 16.1. The standard InChI is InChI=1S/C23H23N3O3S/c1-15-6-4-5-7-19(15)25-13-26-22(27)11-17(18(12-24)23(26)30-14-25)16-8-9-20(28-2)21(10-16)29-3/h4-10,17H,11,13-14H2,1-3H3/t17-/m0/s1. The van der Waals surface area contributed by atoms with Crippen molar-refractivity contribution in [3.05, 3.63) is 64.2 Å². The molecule has 2 aromatic rings. The van der Waals surface area contributed by atoms with Crippen LogP contribution in [0.3, 0.4) is 0 Å². The Labute approximate surface area is 180 Å². The molecule has 7 heteroatoms. The number of carbonyl (C=O) groups is 1. The molecular weight excluding hydrogens is 398 g/mol. The van der Waals surface area contributed by atoms with Crippen LogP contribution < -0.4 is 14.4 Å². The molecule has 2 aliphatic rings. The van der Waals surface area contributed by atoms with E-state index in [0.29, 0.717) is 29.6 Å². The van der Waals surface area contributed by atoms with Crippen molar-refractivity contribution in [2.75, 3.05) is 31.7 Å². The van der Waals surface area contributed by atoms with Gasteiger partial charge in [-0.05, 0) is 36.2 Å². The molecule has 2 heterocycles. The van der Waals surface area contributed by atoms with E-state index in [1.54, 1.807) is 30.9 Å². The lowest BCUT2D eigenvalue weighted by Crippen LogP contribution is -2.47. The number of carbonyl (C=O) groups excluding carboxylic acids is 1. The van der Waals surface area contributed by atoms with Gasteiger partial charge in [-0.15, -0.1) is 0 Å². The van der Waals surface area contributed by atoms with Gasteiger partial charge in [0.15, 0.2) is 11.5 Å². The monoisotopic (exact) mass is 421 g/mol. The van der Waals surface area contributed by atoms with E-state index < -0.39 is 0 Å². The van der Waals surface area contributed by atoms with Gasteiger partial charge in [-0.2, -0.15) is 5.26 Å². The number of hydrogen-bond acceptors (Lipinski definition) is 6. The minimum absolute atomic E-state index is 0.0227. The van der Waals surface area contributed by atoms with Crippen LogP contribution in [-0.4, -0.2) is 37.6 Å². The Morgan fingerprint density at radius 3 is 2.60 bits per heavy atom. The number of para-hydroxylation sites is 1. The third-order valence-electron chi connectivity index (χ3n) is 5.56. The van der Waals surface area contributed by atoms with Crippen LogP contribution in [0.1, 0.15) is 23.5 Å². The maximum atomic E-state index is 13.1. The van der Waals surface area contributed by atoms with Crippen LogP contribution in [0.15, 0.2) is 53.1 Å². The smallest absolute Gasteiger partial charge is 0.229 e. The van der Waals surface area contributed by atoms with Crippen LogP contribution in [0.25, 0.3) is 0 Å². The van der Waals surface area contributed by atoms with Gasteiger partial charge in [-0.25, -0.2) is 0 Å². The summed E-state index contributed by atoms with van der Waals surface area (Å²) in [7, 11) is 3.16. The summed E-state index contributed by atoms with van der Waals surface area (Å²) in [5, 5.41) is 10.7. The Morgan fingerprint density at radius 1 is 1.13 bits per heavy atom. The van der Waals surface area contributed by atoms with Crippen molar-refractivity contribution >= 4 is 23.4 Å². The number of aryl methyl sites for hydroxylation is 1. The van der Waals surface area contributed by atoms with Crippen LogP contribution in [0.4, 0.5) is 5.69 Å². The zero-order valence-corrected chi connectivity index (χ0v) is 18.0. The van der Waals surface area contributed by atoms with Gasteiger partial charge in [-0.3, -0.25) is 9.69 Å². The Kier molecular flexibility index (Phi) is 5.60. The Balaban J connectivity index is 1.68. The molecule has 154 valence electrons. The number of thioether (sulfide) groups is 1. The van der Waals surface area contributed by atoms with E-state index in [0.717, 1.165) is 16.3 Å². The average Bonchev–Trinajstić information content (AvgIpc) is 2.78. The summed E-state index contributed by atoms with van der Waals surface area (Å²) in [5.74, 6) is 1.64. The highest BCUT2D eigenvalue weighted by Crippen LogP contribution is 2.44. The van der Waals surface area contributed by atoms with Crippen molar-refractivity contribution in [2.24, 2.45) is 0 Å². The van der Waals surface area contributed by atoms with Crippen LogP contribution >= 0.6 is 11.8 Å². The molecule has 0 spiro atoms. The highest BCUT2D eigenvalue weighted by atomic mass is 32.2. The molecule has 0 aliphatic carbocycles. The number of ether oxygens (including phenoxy) is 2. The summed E-state index contributed by atoms with van der Waals surface area (Å²) in [5.41, 5.74) is 3.79. The van der Waals surface area contributed by atoms with E-state index in [2.05, 4.69) is 30.0 Å². The molecule has 0 aromatic heterocycles. The second kappa shape index (κ2) is 8.33. The van der Waals surface area contributed by atoms with E-state index in [4.69, 9.17) is 9.47 Å². The van der Waals surface area contributed by atoms with Crippen molar-refractivity contribution in [3.8, 4) is 17.6 Å². The van der Waals surface area contributed by atoms with Gasteiger partial charge in [-0.1, -0.05) is 36.0 Å². The maximum Gasteiger partial charge on any atom is 0.229 e. The number of methoxy groups -OCH3 is 2. The van der Waals surface area contributed by atoms with E-state index >= 15 is 0 Å². The van der Waals surface area contributed by atoms with E-state index in [1.165, 1.54) is 5.56 Å². The molecule has 0 saturated carbocycles. The van der Waals surface area contributed by atoms with Crippen molar-refractivity contribution in [1.29, 1.82) is 5.26 Å². The third kappa shape index (κ3) is 3.48. The molecular formula is C23H23N3O3S. The molecule has 0 N–H and O–H groups in total. The van der Waals surface area contributed by atoms with Crippen molar-refractivity contribution in [1.82, 2.24) is 4.90 Å². The zero-order chi connectivity index (χ0) is 21.3. The number of anilines is 1. The van der Waals surface area contributed by atoms with Crippen molar-refractivity contribution < 1.29 is 14.3 Å². The van der Waals surface area contributed by atoms with Gasteiger partial charge in [0, 0.05) is 18.0 Å². The fourth-order valence-electron chi connectivity index (χ4n) is 3.99. The number of amides is 1. The molecule has 1 amide bonds. The summed E-state index contributed by atoms with van der Waals surface area (Å²) in [6.45, 7) is 2.52. The van der Waals surface area contributed by atoms with Crippen LogP contribution in [0.5, 0.6) is 11.5 Å². The second-order valence-corrected chi connectivity index (χ2v) is 8.20. The minimum atomic E-state index is -0.286. The Bertz CT molecular complexity index is 1060. The van der Waals surface area contributed by atoms with E-state index in [9.17, 15) is 10.1 Å². The largest absolute Gasteiger partial charge is 0.493 e. The number of benzene rings is 2. The van der Waals surface area contributed by atoms with Crippen LogP contribution in [-0.2, 0) is 4.79 Å². The van der Waals surface area contributed by atoms with Crippen molar-refractivity contribution in [2.45, 2.75) is 19.3 Å². The molecule has 1 saturated heterocycles. The highest BCUT2D eigenvalue weighted by molar-refractivity contribution is 8.03. The normalized spacial score (nSPS) is 18.7. The first-order valence-electron chi connectivity index (χ1n) is 9.67. The highest BCUT2D eigenvalue weighted by Gasteiger charge is 2.38. The summed E-state index contributed by atoms with van der Waals surface area (Å²) < 4.78 is 10.7. The van der Waals surface area contributed by atoms with Gasteiger partial charge in [0.25, 0.3) is 0 Å². The molecule has 2 aliphatic heterocycles. The molecule has 0 radical (unpaired) electrons. The number of nitriles is 1. The molecule has 0 bridgehead atoms. The molecule has 2 aromatic carbocycles. The maximum absolute atomic E-state index is 13.1. The Morgan fingerprint density at radius 2 is 1.90 bits per heavy atom. The minimum Gasteiger partial charge on any atom is -0.493 e. The predicted octanol–water partition coefficient (Wildman–Crippen LogP) is 4.23. The second-order valence-electron chi connectivity index (χ2n) is 7.26. The molecule has 4 rings (SSSR count). The average molecular weight is 422 g/mol. The zero-order valence-electron chi connectivity index (χ0n) is 17.2. The van der Waals surface area contributed by atoms with Crippen molar-refractivity contribution in [3.63, 3.8) is 0 Å². The lowest BCUT2D eigenvalue weighted by molar-refractivity contribution is -0.129. The van der Waals surface area contributed by atoms with Gasteiger partial charge in [0.05, 0.1) is 43.4 Å². The lowest BCUT2D eigenvalue weighted by Gasteiger charge is -2.42. The number of rotatable bonds is 4. The van der Waals surface area contributed by atoms with Crippen LogP contribution in [0, 0.1) is 18.3 Å². The molecule has 0 unspecified atom stereocenters. The number of fused-ring (bicyclic) bond motifs is 1. The summed E-state index contributed by atoms with van der Waals surface area (Å²) in [6.07, 6.45) is 0.254. The third-order valence-corrected chi connectivity index (χ3v) is 6.71.